The lowest BCUT2D eigenvalue weighted by atomic mass is 10.1. The van der Waals surface area contributed by atoms with Gasteiger partial charge in [0.2, 0.25) is 5.91 Å². The Hall–Kier alpha value is -4.40. The quantitative estimate of drug-likeness (QED) is 0.396. The van der Waals surface area contributed by atoms with Crippen molar-refractivity contribution in [3.05, 3.63) is 93.2 Å². The van der Waals surface area contributed by atoms with Gasteiger partial charge >= 0.3 is 0 Å². The summed E-state index contributed by atoms with van der Waals surface area (Å²) in [5, 5.41) is 9.87. The number of amides is 2. The number of benzene rings is 2. The molecule has 4 rings (SSSR count). The Morgan fingerprint density at radius 1 is 1.03 bits per heavy atom. The molecule has 4 aromatic rings. The van der Waals surface area contributed by atoms with E-state index < -0.39 is 11.5 Å². The molecule has 0 saturated carbocycles. The predicted octanol–water partition coefficient (Wildman–Crippen LogP) is 3.39. The minimum atomic E-state index is -0.455. The van der Waals surface area contributed by atoms with Crippen molar-refractivity contribution in [3.63, 3.8) is 0 Å². The Balaban J connectivity index is 1.56. The van der Waals surface area contributed by atoms with Gasteiger partial charge in [-0.2, -0.15) is 5.10 Å². The molecule has 0 aliphatic carbocycles. The minimum Gasteiger partial charge on any atom is -0.492 e. The average Bonchev–Trinajstić information content (AvgIpc) is 3.11. The van der Waals surface area contributed by atoms with Gasteiger partial charge in [0.05, 0.1) is 17.9 Å². The maximum Gasteiger partial charge on any atom is 0.291 e. The van der Waals surface area contributed by atoms with Crippen molar-refractivity contribution >= 4 is 23.0 Å². The van der Waals surface area contributed by atoms with E-state index in [1.807, 2.05) is 44.2 Å². The van der Waals surface area contributed by atoms with E-state index in [4.69, 9.17) is 4.74 Å². The molecule has 9 nitrogen and oxygen atoms in total. The normalized spacial score (nSPS) is 10.9. The first-order valence-electron chi connectivity index (χ1n) is 11.7. The van der Waals surface area contributed by atoms with Gasteiger partial charge in [-0.05, 0) is 51.0 Å². The largest absolute Gasteiger partial charge is 0.492 e. The Morgan fingerprint density at radius 2 is 1.75 bits per heavy atom. The molecule has 0 fully saturated rings. The zero-order valence-corrected chi connectivity index (χ0v) is 20.8. The second kappa shape index (κ2) is 10.5. The summed E-state index contributed by atoms with van der Waals surface area (Å²) in [7, 11) is 0. The number of para-hydroxylation sites is 2. The van der Waals surface area contributed by atoms with Gasteiger partial charge in [-0.3, -0.25) is 18.8 Å². The molecule has 2 heterocycles. The number of ether oxygens (including phenoxy) is 1. The van der Waals surface area contributed by atoms with Crippen molar-refractivity contribution in [3.8, 4) is 5.75 Å². The van der Waals surface area contributed by atoms with Crippen molar-refractivity contribution in [2.45, 2.75) is 40.8 Å². The van der Waals surface area contributed by atoms with E-state index in [0.29, 0.717) is 46.9 Å². The minimum absolute atomic E-state index is 0.273. The Labute approximate surface area is 208 Å². The Bertz CT molecular complexity index is 1480. The van der Waals surface area contributed by atoms with E-state index in [-0.39, 0.29) is 12.5 Å². The zero-order chi connectivity index (χ0) is 25.8. The maximum atomic E-state index is 13.2. The number of carbonyl (C=O) groups is 2. The molecule has 2 aromatic heterocycles. The van der Waals surface area contributed by atoms with Gasteiger partial charge in [-0.15, -0.1) is 0 Å². The van der Waals surface area contributed by atoms with Crippen LogP contribution < -0.4 is 20.9 Å². The number of carbonyl (C=O) groups excluding carboxylic acids is 2. The molecular weight excluding hydrogens is 458 g/mol. The van der Waals surface area contributed by atoms with Gasteiger partial charge in [0.1, 0.15) is 24.1 Å². The lowest BCUT2D eigenvalue weighted by Crippen LogP contribution is -2.31. The molecule has 0 aliphatic rings. The fourth-order valence-corrected chi connectivity index (χ4v) is 4.16. The molecule has 2 N–H and O–H groups in total. The molecule has 0 spiro atoms. The highest BCUT2D eigenvalue weighted by atomic mass is 16.5. The van der Waals surface area contributed by atoms with Crippen LogP contribution in [0.2, 0.25) is 0 Å². The summed E-state index contributed by atoms with van der Waals surface area (Å²) in [6, 6.07) is 15.0. The van der Waals surface area contributed by atoms with E-state index in [2.05, 4.69) is 15.7 Å². The van der Waals surface area contributed by atoms with E-state index in [0.717, 1.165) is 15.8 Å². The molecule has 2 aromatic carbocycles. The van der Waals surface area contributed by atoms with Gasteiger partial charge in [0.25, 0.3) is 11.5 Å². The van der Waals surface area contributed by atoms with Gasteiger partial charge in [0, 0.05) is 12.2 Å². The van der Waals surface area contributed by atoms with Crippen LogP contribution in [-0.2, 0) is 17.9 Å². The highest BCUT2D eigenvalue weighted by molar-refractivity contribution is 5.99. The summed E-state index contributed by atoms with van der Waals surface area (Å²) >= 11 is 0. The average molecular weight is 488 g/mol. The highest BCUT2D eigenvalue weighted by Gasteiger charge is 2.22. The number of nitrogens with one attached hydrogen (secondary N) is 2. The number of aromatic nitrogens is 3. The number of hydrogen-bond acceptors (Lipinski definition) is 5. The van der Waals surface area contributed by atoms with E-state index >= 15 is 0 Å². The standard InChI is InChI=1S/C27H29N5O4/c1-5-36-22-9-7-6-8-21(22)30-23(33)15-32-27(35)25-18(3)24(19(4)31(25)16-29-32)26(34)28-14-20-12-10-17(2)11-13-20/h6-13,16H,5,14-15H2,1-4H3,(H,28,34)(H,30,33). The molecule has 0 saturated heterocycles. The second-order valence-electron chi connectivity index (χ2n) is 8.54. The monoisotopic (exact) mass is 487 g/mol. The van der Waals surface area contributed by atoms with E-state index in [1.165, 1.54) is 6.33 Å². The van der Waals surface area contributed by atoms with Crippen molar-refractivity contribution in [1.29, 1.82) is 0 Å². The number of rotatable bonds is 8. The molecule has 0 atom stereocenters. The molecular formula is C27H29N5O4. The van der Waals surface area contributed by atoms with Crippen LogP contribution in [0.1, 0.15) is 39.7 Å². The Kier molecular flexibility index (Phi) is 7.19. The van der Waals surface area contributed by atoms with Gasteiger partial charge in [0.15, 0.2) is 0 Å². The van der Waals surface area contributed by atoms with Crippen molar-refractivity contribution in [2.24, 2.45) is 0 Å². The third-order valence-corrected chi connectivity index (χ3v) is 5.99. The summed E-state index contributed by atoms with van der Waals surface area (Å²) in [5.74, 6) is -0.146. The van der Waals surface area contributed by atoms with Crippen molar-refractivity contribution in [2.75, 3.05) is 11.9 Å². The van der Waals surface area contributed by atoms with Crippen LogP contribution >= 0.6 is 0 Å². The molecule has 9 heteroatoms. The number of nitrogens with zero attached hydrogens (tertiary/aromatic N) is 3. The molecule has 0 unspecified atom stereocenters. The lowest BCUT2D eigenvalue weighted by Gasteiger charge is -2.11. The zero-order valence-electron chi connectivity index (χ0n) is 20.8. The molecule has 36 heavy (non-hydrogen) atoms. The van der Waals surface area contributed by atoms with Gasteiger partial charge in [-0.25, -0.2) is 4.68 Å². The predicted molar refractivity (Wildman–Crippen MR) is 138 cm³/mol. The van der Waals surface area contributed by atoms with Crippen molar-refractivity contribution < 1.29 is 14.3 Å². The van der Waals surface area contributed by atoms with Crippen LogP contribution in [0.25, 0.3) is 5.52 Å². The topological polar surface area (TPSA) is 107 Å². The highest BCUT2D eigenvalue weighted by Crippen LogP contribution is 2.24. The van der Waals surface area contributed by atoms with Crippen LogP contribution in [0.4, 0.5) is 5.69 Å². The van der Waals surface area contributed by atoms with E-state index in [9.17, 15) is 14.4 Å². The van der Waals surface area contributed by atoms with Crippen LogP contribution in [0.15, 0.2) is 59.7 Å². The number of hydrogen-bond donors (Lipinski definition) is 2. The smallest absolute Gasteiger partial charge is 0.291 e. The van der Waals surface area contributed by atoms with Gasteiger partial charge < -0.3 is 15.4 Å². The van der Waals surface area contributed by atoms with Gasteiger partial charge in [-0.1, -0.05) is 42.0 Å². The van der Waals surface area contributed by atoms with Crippen LogP contribution in [-0.4, -0.2) is 32.6 Å². The first kappa shape index (κ1) is 24.7. The SMILES string of the molecule is CCOc1ccccc1NC(=O)Cn1ncn2c(C)c(C(=O)NCc3ccc(C)cc3)c(C)c2c1=O. The fourth-order valence-electron chi connectivity index (χ4n) is 4.16. The molecule has 0 radical (unpaired) electrons. The summed E-state index contributed by atoms with van der Waals surface area (Å²) in [5.41, 5.74) is 4.07. The molecule has 0 aliphatic heterocycles. The van der Waals surface area contributed by atoms with Crippen LogP contribution in [0.5, 0.6) is 5.75 Å². The molecule has 0 bridgehead atoms. The summed E-state index contributed by atoms with van der Waals surface area (Å²) in [6.45, 7) is 7.90. The lowest BCUT2D eigenvalue weighted by molar-refractivity contribution is -0.117. The number of anilines is 1. The third-order valence-electron chi connectivity index (χ3n) is 5.99. The molecule has 2 amide bonds. The first-order valence-corrected chi connectivity index (χ1v) is 11.7. The summed E-state index contributed by atoms with van der Waals surface area (Å²) < 4.78 is 8.22. The third kappa shape index (κ3) is 5.00. The Morgan fingerprint density at radius 3 is 2.47 bits per heavy atom. The van der Waals surface area contributed by atoms with E-state index in [1.54, 1.807) is 36.4 Å². The number of fused-ring (bicyclic) bond motifs is 1. The fraction of sp³-hybridized carbons (Fsp3) is 0.259. The summed E-state index contributed by atoms with van der Waals surface area (Å²) in [6.07, 6.45) is 1.46. The maximum absolute atomic E-state index is 13.2. The summed E-state index contributed by atoms with van der Waals surface area (Å²) in [4.78, 5) is 39.0. The van der Waals surface area contributed by atoms with Crippen LogP contribution in [0, 0.1) is 20.8 Å². The second-order valence-corrected chi connectivity index (χ2v) is 8.54. The first-order chi connectivity index (χ1) is 17.3. The number of aryl methyl sites for hydroxylation is 3. The van der Waals surface area contributed by atoms with Crippen molar-refractivity contribution in [1.82, 2.24) is 19.5 Å². The van der Waals surface area contributed by atoms with Crippen LogP contribution in [0.3, 0.4) is 0 Å². The molecule has 186 valence electrons.